The van der Waals surface area contributed by atoms with Crippen LogP contribution in [0.5, 0.6) is 5.75 Å². The summed E-state index contributed by atoms with van der Waals surface area (Å²) in [5.74, 6) is -0.637. The number of amides is 1. The molecule has 3 aromatic rings. The van der Waals surface area contributed by atoms with E-state index in [2.05, 4.69) is 30.8 Å². The van der Waals surface area contributed by atoms with Gasteiger partial charge < -0.3 is 25.6 Å². The van der Waals surface area contributed by atoms with Crippen LogP contribution in [0.3, 0.4) is 0 Å². The van der Waals surface area contributed by atoms with Crippen LogP contribution in [-0.4, -0.2) is 75.8 Å². The highest BCUT2D eigenvalue weighted by Crippen LogP contribution is 2.36. The molecule has 238 valence electrons. The van der Waals surface area contributed by atoms with Crippen LogP contribution in [0.2, 0.25) is 0 Å². The summed E-state index contributed by atoms with van der Waals surface area (Å²) >= 11 is 0. The van der Waals surface area contributed by atoms with Crippen molar-refractivity contribution in [3.63, 3.8) is 0 Å². The topological polar surface area (TPSA) is 129 Å². The number of carbonyl (C=O) groups excluding carboxylic acids is 1. The summed E-state index contributed by atoms with van der Waals surface area (Å²) in [6.07, 6.45) is -1.37. The fraction of sp³-hybridized carbons (Fsp3) is 0.414. The quantitative estimate of drug-likeness (QED) is 0.297. The number of hydrogen-bond acceptors (Lipinski definition) is 9. The first-order valence-electron chi connectivity index (χ1n) is 13.8. The Morgan fingerprint density at radius 1 is 1.16 bits per heavy atom. The van der Waals surface area contributed by atoms with Crippen LogP contribution in [-0.2, 0) is 22.7 Å². The minimum absolute atomic E-state index is 0.0664. The maximum Gasteiger partial charge on any atom is 0.421 e. The Kier molecular flexibility index (Phi) is 9.88. The summed E-state index contributed by atoms with van der Waals surface area (Å²) < 4.78 is 72.5. The number of aryl methyl sites for hydroxylation is 1. The smallest absolute Gasteiger partial charge is 0.421 e. The summed E-state index contributed by atoms with van der Waals surface area (Å²) in [4.78, 5) is 23.0. The largest absolute Gasteiger partial charge is 0.495 e. The van der Waals surface area contributed by atoms with Crippen LogP contribution in [0.25, 0.3) is 0 Å². The number of alkyl halides is 3. The second kappa shape index (κ2) is 13.3. The van der Waals surface area contributed by atoms with Gasteiger partial charge in [-0.05, 0) is 75.3 Å². The first-order valence-corrected chi connectivity index (χ1v) is 15.7. The number of halogens is 3. The summed E-state index contributed by atoms with van der Waals surface area (Å²) in [6, 6.07) is 9.76. The van der Waals surface area contributed by atoms with Crippen LogP contribution < -0.4 is 25.0 Å². The molecule has 0 atom stereocenters. The third-order valence-electron chi connectivity index (χ3n) is 7.38. The zero-order chi connectivity index (χ0) is 32.2. The van der Waals surface area contributed by atoms with Gasteiger partial charge in [-0.3, -0.25) is 9.10 Å². The fourth-order valence-corrected chi connectivity index (χ4v) is 5.26. The lowest BCUT2D eigenvalue weighted by molar-refractivity contribution is -0.137. The van der Waals surface area contributed by atoms with Gasteiger partial charge in [0.15, 0.2) is 0 Å². The van der Waals surface area contributed by atoms with E-state index in [0.717, 1.165) is 42.1 Å². The lowest BCUT2D eigenvalue weighted by Crippen LogP contribution is -2.43. The number of piperidine rings is 1. The number of rotatable bonds is 10. The third-order valence-corrected chi connectivity index (χ3v) is 8.57. The minimum Gasteiger partial charge on any atom is -0.495 e. The Morgan fingerprint density at radius 3 is 2.50 bits per heavy atom. The zero-order valence-electron chi connectivity index (χ0n) is 25.1. The molecular formula is C29H36F3N7O4S. The Hall–Kier alpha value is -4.11. The predicted octanol–water partition coefficient (Wildman–Crippen LogP) is 4.39. The van der Waals surface area contributed by atoms with Crippen molar-refractivity contribution < 1.29 is 31.1 Å². The molecule has 0 radical (unpaired) electrons. The number of methoxy groups -OCH3 is 1. The summed E-state index contributed by atoms with van der Waals surface area (Å²) in [5, 5.41) is 8.61. The normalized spacial score (nSPS) is 14.6. The molecule has 1 saturated heterocycles. The number of sulfonamides is 1. The molecule has 3 N–H and O–H groups in total. The molecule has 1 fully saturated rings. The molecule has 44 heavy (non-hydrogen) atoms. The maximum absolute atomic E-state index is 13.9. The van der Waals surface area contributed by atoms with Crippen LogP contribution in [0.1, 0.15) is 39.9 Å². The lowest BCUT2D eigenvalue weighted by atomic mass is 10.0. The number of aromatic nitrogens is 2. The van der Waals surface area contributed by atoms with Gasteiger partial charge in [0, 0.05) is 31.4 Å². The Morgan fingerprint density at radius 2 is 1.86 bits per heavy atom. The Bertz CT molecular complexity index is 1610. The molecule has 11 nitrogen and oxygen atoms in total. The average Bonchev–Trinajstić information content (AvgIpc) is 2.96. The number of ether oxygens (including phenoxy) is 1. The van der Waals surface area contributed by atoms with Crippen LogP contribution in [0, 0.1) is 6.92 Å². The Balaban J connectivity index is 1.56. The van der Waals surface area contributed by atoms with E-state index in [1.165, 1.54) is 20.2 Å². The van der Waals surface area contributed by atoms with E-state index in [0.29, 0.717) is 28.7 Å². The second-order valence-corrected chi connectivity index (χ2v) is 12.8. The average molecular weight is 636 g/mol. The number of benzene rings is 2. The molecule has 0 unspecified atom stereocenters. The molecule has 2 heterocycles. The van der Waals surface area contributed by atoms with E-state index < -0.39 is 27.6 Å². The minimum atomic E-state index is -4.76. The molecule has 1 aromatic heterocycles. The van der Waals surface area contributed by atoms with Gasteiger partial charge >= 0.3 is 6.18 Å². The molecule has 1 aliphatic rings. The molecule has 0 bridgehead atoms. The van der Waals surface area contributed by atoms with Gasteiger partial charge in [0.2, 0.25) is 16.0 Å². The van der Waals surface area contributed by atoms with E-state index in [1.807, 2.05) is 7.05 Å². The Labute approximate surface area is 254 Å². The van der Waals surface area contributed by atoms with Crippen molar-refractivity contribution in [1.29, 1.82) is 0 Å². The fourth-order valence-electron chi connectivity index (χ4n) is 4.74. The summed E-state index contributed by atoms with van der Waals surface area (Å²) in [7, 11) is 1.19. The summed E-state index contributed by atoms with van der Waals surface area (Å²) in [6.45, 7) is 3.42. The molecule has 0 spiro atoms. The van der Waals surface area contributed by atoms with Crippen LogP contribution in [0.4, 0.5) is 36.3 Å². The van der Waals surface area contributed by atoms with Crippen molar-refractivity contribution in [3.8, 4) is 5.75 Å². The molecule has 15 heteroatoms. The highest BCUT2D eigenvalue weighted by atomic mass is 32.2. The maximum atomic E-state index is 13.9. The van der Waals surface area contributed by atoms with Crippen LogP contribution in [0.15, 0.2) is 42.6 Å². The molecule has 0 aliphatic carbocycles. The van der Waals surface area contributed by atoms with Crippen molar-refractivity contribution in [3.05, 3.63) is 64.8 Å². The monoisotopic (exact) mass is 635 g/mol. The molecule has 1 aliphatic heterocycles. The molecule has 1 amide bonds. The van der Waals surface area contributed by atoms with Crippen molar-refractivity contribution in [2.75, 3.05) is 55.5 Å². The van der Waals surface area contributed by atoms with Gasteiger partial charge in [-0.15, -0.1) is 0 Å². The standard InChI is InChI=1S/C29H36F3N7O4S/c1-18-6-7-20(24(14-18)39(3)44(5,41)42)16-33-26-22(29(30,31)32)17-34-28(37-26)36-23-9-8-19(15-25(23)43-4)27(40)35-21-10-12-38(2)13-11-21/h6-9,14-15,17,21H,10-13,16H2,1-5H3,(H,35,40)(H2,33,34,36,37). The first kappa shape index (κ1) is 32.8. The molecule has 4 rings (SSSR count). The second-order valence-electron chi connectivity index (χ2n) is 10.8. The van der Waals surface area contributed by atoms with E-state index in [-0.39, 0.29) is 30.2 Å². The van der Waals surface area contributed by atoms with Crippen molar-refractivity contribution in [2.24, 2.45) is 0 Å². The van der Waals surface area contributed by atoms with Crippen molar-refractivity contribution in [2.45, 2.75) is 38.5 Å². The number of likely N-dealkylation sites (tertiary alicyclic amines) is 1. The van der Waals surface area contributed by atoms with Gasteiger partial charge in [0.25, 0.3) is 5.91 Å². The number of carbonyl (C=O) groups is 1. The molecule has 2 aromatic carbocycles. The van der Waals surface area contributed by atoms with Crippen molar-refractivity contribution >= 4 is 39.1 Å². The van der Waals surface area contributed by atoms with E-state index in [4.69, 9.17) is 4.74 Å². The third kappa shape index (κ3) is 8.08. The zero-order valence-corrected chi connectivity index (χ0v) is 25.9. The highest BCUT2D eigenvalue weighted by molar-refractivity contribution is 7.92. The summed E-state index contributed by atoms with van der Waals surface area (Å²) in [5.41, 5.74) is 1.16. The van der Waals surface area contributed by atoms with E-state index >= 15 is 0 Å². The van der Waals surface area contributed by atoms with Crippen LogP contribution >= 0.6 is 0 Å². The SMILES string of the molecule is COc1cc(C(=O)NC2CCN(C)CC2)ccc1Nc1ncc(C(F)(F)F)c(NCc2ccc(C)cc2N(C)S(C)(=O)=O)n1. The number of anilines is 4. The number of nitrogens with zero attached hydrogens (tertiary/aromatic N) is 4. The number of nitrogens with one attached hydrogen (secondary N) is 3. The van der Waals surface area contributed by atoms with Gasteiger partial charge in [-0.25, -0.2) is 13.4 Å². The highest BCUT2D eigenvalue weighted by Gasteiger charge is 2.35. The predicted molar refractivity (Wildman–Crippen MR) is 163 cm³/mol. The number of hydrogen-bond donors (Lipinski definition) is 3. The van der Waals surface area contributed by atoms with Crippen molar-refractivity contribution in [1.82, 2.24) is 20.2 Å². The van der Waals surface area contributed by atoms with Gasteiger partial charge in [-0.1, -0.05) is 12.1 Å². The lowest BCUT2D eigenvalue weighted by Gasteiger charge is -2.29. The van der Waals surface area contributed by atoms with Gasteiger partial charge in [-0.2, -0.15) is 18.2 Å². The molecular weight excluding hydrogens is 599 g/mol. The van der Waals surface area contributed by atoms with E-state index in [1.54, 1.807) is 37.3 Å². The van der Waals surface area contributed by atoms with Gasteiger partial charge in [0.1, 0.15) is 17.1 Å². The van der Waals surface area contributed by atoms with Gasteiger partial charge in [0.05, 0.1) is 24.7 Å². The molecule has 0 saturated carbocycles. The van der Waals surface area contributed by atoms with E-state index in [9.17, 15) is 26.4 Å². The first-order chi connectivity index (χ1) is 20.7.